The first kappa shape index (κ1) is 22.8. The number of hydrogen-bond acceptors (Lipinski definition) is 3. The van der Waals surface area contributed by atoms with Crippen molar-refractivity contribution in [1.29, 1.82) is 0 Å². The highest BCUT2D eigenvalue weighted by molar-refractivity contribution is 9.10. The third-order valence-electron chi connectivity index (χ3n) is 5.89. The molecule has 5 heteroatoms. The van der Waals surface area contributed by atoms with Crippen LogP contribution in [0.3, 0.4) is 0 Å². The summed E-state index contributed by atoms with van der Waals surface area (Å²) in [7, 11) is 0. The fourth-order valence-electron chi connectivity index (χ4n) is 4.24. The van der Waals surface area contributed by atoms with E-state index in [1.54, 1.807) is 10.6 Å². The smallest absolute Gasteiger partial charge is 0.356 e. The van der Waals surface area contributed by atoms with Crippen LogP contribution in [0.15, 0.2) is 118 Å². The molecule has 0 aliphatic heterocycles. The van der Waals surface area contributed by atoms with Crippen LogP contribution in [0.25, 0.3) is 21.9 Å². The van der Waals surface area contributed by atoms with Crippen molar-refractivity contribution in [3.8, 4) is 11.1 Å². The van der Waals surface area contributed by atoms with Gasteiger partial charge < -0.3 is 4.74 Å². The molecular formula is C30H22BrNO3. The van der Waals surface area contributed by atoms with Crippen LogP contribution in [-0.4, -0.2) is 10.5 Å². The molecule has 4 aromatic carbocycles. The van der Waals surface area contributed by atoms with Gasteiger partial charge in [0.1, 0.15) is 12.3 Å². The van der Waals surface area contributed by atoms with Gasteiger partial charge in [0.15, 0.2) is 0 Å². The number of ether oxygens (including phenoxy) is 1. The van der Waals surface area contributed by atoms with Gasteiger partial charge in [-0.05, 0) is 40.3 Å². The maximum atomic E-state index is 13.8. The van der Waals surface area contributed by atoms with Gasteiger partial charge in [-0.2, -0.15) is 0 Å². The lowest BCUT2D eigenvalue weighted by Gasteiger charge is -2.19. The Hall–Kier alpha value is -3.96. The van der Waals surface area contributed by atoms with E-state index in [2.05, 4.69) is 15.9 Å². The molecule has 0 atom stereocenters. The Balaban J connectivity index is 1.76. The van der Waals surface area contributed by atoms with Crippen LogP contribution in [0.5, 0.6) is 0 Å². The topological polar surface area (TPSA) is 48.3 Å². The van der Waals surface area contributed by atoms with Crippen molar-refractivity contribution in [2.24, 2.45) is 0 Å². The van der Waals surface area contributed by atoms with E-state index in [4.69, 9.17) is 4.74 Å². The number of aromatic nitrogens is 1. The van der Waals surface area contributed by atoms with Crippen LogP contribution in [0.1, 0.15) is 21.6 Å². The molecular weight excluding hydrogens is 502 g/mol. The Morgan fingerprint density at radius 1 is 0.743 bits per heavy atom. The molecule has 5 aromatic rings. The summed E-state index contributed by atoms with van der Waals surface area (Å²) in [4.78, 5) is 27.5. The number of rotatable bonds is 6. The second-order valence-electron chi connectivity index (χ2n) is 8.22. The zero-order chi connectivity index (χ0) is 24.2. The molecule has 0 bridgehead atoms. The molecule has 1 heterocycles. The van der Waals surface area contributed by atoms with Gasteiger partial charge in [0.2, 0.25) is 0 Å². The number of carbonyl (C=O) groups is 1. The van der Waals surface area contributed by atoms with Crippen molar-refractivity contribution in [3.05, 3.63) is 141 Å². The first-order chi connectivity index (χ1) is 17.1. The number of esters is 1. The van der Waals surface area contributed by atoms with Crippen LogP contribution in [0.4, 0.5) is 0 Å². The second kappa shape index (κ2) is 10.1. The highest BCUT2D eigenvalue weighted by Crippen LogP contribution is 2.33. The summed E-state index contributed by atoms with van der Waals surface area (Å²) in [5.41, 5.74) is 3.32. The predicted molar refractivity (Wildman–Crippen MR) is 142 cm³/mol. The summed E-state index contributed by atoms with van der Waals surface area (Å²) >= 11 is 3.53. The monoisotopic (exact) mass is 523 g/mol. The number of hydrogen-bond donors (Lipinski definition) is 0. The zero-order valence-electron chi connectivity index (χ0n) is 18.9. The summed E-state index contributed by atoms with van der Waals surface area (Å²) in [6.07, 6.45) is 0. The Labute approximate surface area is 211 Å². The van der Waals surface area contributed by atoms with Crippen LogP contribution < -0.4 is 5.56 Å². The third-order valence-corrected chi connectivity index (χ3v) is 6.38. The molecule has 0 saturated carbocycles. The quantitative estimate of drug-likeness (QED) is 0.229. The number of carbonyl (C=O) groups excluding carboxylic acids is 1. The molecule has 0 N–H and O–H groups in total. The molecule has 5 rings (SSSR count). The van der Waals surface area contributed by atoms with Gasteiger partial charge in [0, 0.05) is 15.4 Å². The molecule has 172 valence electrons. The van der Waals surface area contributed by atoms with Gasteiger partial charge in [-0.15, -0.1) is 0 Å². The van der Waals surface area contributed by atoms with E-state index < -0.39 is 5.97 Å². The molecule has 0 saturated heterocycles. The Morgan fingerprint density at radius 3 is 2.00 bits per heavy atom. The van der Waals surface area contributed by atoms with Gasteiger partial charge in [0.05, 0.1) is 6.54 Å². The number of benzene rings is 4. The molecule has 0 aliphatic rings. The fourth-order valence-corrected chi connectivity index (χ4v) is 4.60. The third kappa shape index (κ3) is 4.81. The standard InChI is InChI=1S/C30H22BrNO3/c31-24-16-17-25-26(18-24)27(23-14-8-3-9-15-23)28(30(34)35-20-22-12-6-2-7-13-22)32(29(25)33)19-21-10-4-1-5-11-21/h1-18H,19-20H2. The lowest BCUT2D eigenvalue weighted by atomic mass is 9.96. The SMILES string of the molecule is O=C(OCc1ccccc1)c1c(-c2ccccc2)c2cc(Br)ccc2c(=O)n1Cc1ccccc1. The van der Waals surface area contributed by atoms with Crippen LogP contribution in [-0.2, 0) is 17.9 Å². The predicted octanol–water partition coefficient (Wildman–Crippen LogP) is 6.84. The van der Waals surface area contributed by atoms with Gasteiger partial charge in [-0.25, -0.2) is 4.79 Å². The van der Waals surface area contributed by atoms with E-state index in [-0.39, 0.29) is 24.4 Å². The van der Waals surface area contributed by atoms with Crippen molar-refractivity contribution < 1.29 is 9.53 Å². The number of fused-ring (bicyclic) bond motifs is 1. The van der Waals surface area contributed by atoms with Crippen molar-refractivity contribution in [2.45, 2.75) is 13.2 Å². The minimum atomic E-state index is -0.539. The molecule has 35 heavy (non-hydrogen) atoms. The summed E-state index contributed by atoms with van der Waals surface area (Å²) in [6, 6.07) is 34.4. The summed E-state index contributed by atoms with van der Waals surface area (Å²) in [5.74, 6) is -0.539. The van der Waals surface area contributed by atoms with Crippen molar-refractivity contribution >= 4 is 32.7 Å². The molecule has 0 spiro atoms. The van der Waals surface area contributed by atoms with E-state index in [1.165, 1.54) is 0 Å². The number of pyridine rings is 1. The minimum absolute atomic E-state index is 0.115. The average molecular weight is 524 g/mol. The molecule has 0 radical (unpaired) electrons. The Bertz CT molecular complexity index is 1550. The second-order valence-corrected chi connectivity index (χ2v) is 9.13. The van der Waals surface area contributed by atoms with Crippen molar-refractivity contribution in [3.63, 3.8) is 0 Å². The highest BCUT2D eigenvalue weighted by atomic mass is 79.9. The largest absolute Gasteiger partial charge is 0.456 e. The summed E-state index contributed by atoms with van der Waals surface area (Å²) < 4.78 is 8.15. The molecule has 1 aromatic heterocycles. The maximum Gasteiger partial charge on any atom is 0.356 e. The van der Waals surface area contributed by atoms with Crippen LogP contribution in [0.2, 0.25) is 0 Å². The van der Waals surface area contributed by atoms with Gasteiger partial charge >= 0.3 is 5.97 Å². The number of halogens is 1. The zero-order valence-corrected chi connectivity index (χ0v) is 20.4. The van der Waals surface area contributed by atoms with Crippen LogP contribution >= 0.6 is 15.9 Å². The van der Waals surface area contributed by atoms with E-state index in [9.17, 15) is 9.59 Å². The van der Waals surface area contributed by atoms with E-state index in [0.29, 0.717) is 16.3 Å². The summed E-state index contributed by atoms with van der Waals surface area (Å²) in [6.45, 7) is 0.366. The van der Waals surface area contributed by atoms with Crippen molar-refractivity contribution in [2.75, 3.05) is 0 Å². The van der Waals surface area contributed by atoms with Gasteiger partial charge in [0.25, 0.3) is 5.56 Å². The van der Waals surface area contributed by atoms with Crippen LogP contribution in [0, 0.1) is 0 Å². The van der Waals surface area contributed by atoms with Crippen molar-refractivity contribution in [1.82, 2.24) is 4.57 Å². The van der Waals surface area contributed by atoms with Gasteiger partial charge in [-0.1, -0.05) is 107 Å². The van der Waals surface area contributed by atoms with E-state index in [0.717, 1.165) is 21.2 Å². The Kier molecular flexibility index (Phi) is 6.59. The highest BCUT2D eigenvalue weighted by Gasteiger charge is 2.25. The lowest BCUT2D eigenvalue weighted by Crippen LogP contribution is -2.29. The normalized spacial score (nSPS) is 10.9. The number of nitrogens with zero attached hydrogens (tertiary/aromatic N) is 1. The molecule has 0 aliphatic carbocycles. The molecule has 4 nitrogen and oxygen atoms in total. The average Bonchev–Trinajstić information content (AvgIpc) is 2.90. The first-order valence-electron chi connectivity index (χ1n) is 11.3. The van der Waals surface area contributed by atoms with E-state index in [1.807, 2.05) is 103 Å². The van der Waals surface area contributed by atoms with E-state index >= 15 is 0 Å². The Morgan fingerprint density at radius 2 is 1.34 bits per heavy atom. The first-order valence-corrected chi connectivity index (χ1v) is 12.1. The lowest BCUT2D eigenvalue weighted by molar-refractivity contribution is 0.0460. The molecule has 0 unspecified atom stereocenters. The summed E-state index contributed by atoms with van der Waals surface area (Å²) in [5, 5.41) is 1.24. The fraction of sp³-hybridized carbons (Fsp3) is 0.0667. The molecule has 0 amide bonds. The maximum absolute atomic E-state index is 13.8. The van der Waals surface area contributed by atoms with Gasteiger partial charge in [-0.3, -0.25) is 9.36 Å². The molecule has 0 fully saturated rings. The minimum Gasteiger partial charge on any atom is -0.456 e.